The van der Waals surface area contributed by atoms with Gasteiger partial charge < -0.3 is 5.32 Å². The number of carbonyl (C=O) groups is 1. The molecule has 0 unspecified atom stereocenters. The summed E-state index contributed by atoms with van der Waals surface area (Å²) in [6.45, 7) is 8.42. The molecule has 26 heavy (non-hydrogen) atoms. The second-order valence-corrected chi connectivity index (χ2v) is 7.82. The van der Waals surface area contributed by atoms with Gasteiger partial charge in [-0.1, -0.05) is 55.8 Å². The molecule has 1 amide bonds. The van der Waals surface area contributed by atoms with Crippen LogP contribution in [0.3, 0.4) is 0 Å². The van der Waals surface area contributed by atoms with Gasteiger partial charge in [-0.2, -0.15) is 0 Å². The van der Waals surface area contributed by atoms with Crippen LogP contribution in [0.2, 0.25) is 0 Å². The highest BCUT2D eigenvalue weighted by Gasteiger charge is 2.11. The van der Waals surface area contributed by atoms with Crippen molar-refractivity contribution >= 4 is 22.9 Å². The maximum atomic E-state index is 12.3. The molecule has 0 aliphatic carbocycles. The lowest BCUT2D eigenvalue weighted by Crippen LogP contribution is -2.15. The molecule has 0 bridgehead atoms. The SMILES string of the molecule is Cc1ccc(NC(=O)Cc2csc(-c3ccc(C(C)C)cc3)n2)c(C)c1. The third-order valence-electron chi connectivity index (χ3n) is 4.37. The van der Waals surface area contributed by atoms with Crippen molar-refractivity contribution in [3.05, 3.63) is 70.2 Å². The van der Waals surface area contributed by atoms with E-state index in [2.05, 4.69) is 54.5 Å². The van der Waals surface area contributed by atoms with E-state index in [9.17, 15) is 4.79 Å². The zero-order chi connectivity index (χ0) is 18.7. The predicted molar refractivity (Wildman–Crippen MR) is 110 cm³/mol. The van der Waals surface area contributed by atoms with E-state index in [4.69, 9.17) is 0 Å². The summed E-state index contributed by atoms with van der Waals surface area (Å²) in [5.41, 5.74) is 6.34. The average molecular weight is 365 g/mol. The van der Waals surface area contributed by atoms with Gasteiger partial charge in [0, 0.05) is 16.6 Å². The Morgan fingerprint density at radius 1 is 1.12 bits per heavy atom. The summed E-state index contributed by atoms with van der Waals surface area (Å²) < 4.78 is 0. The van der Waals surface area contributed by atoms with Gasteiger partial charge in [0.2, 0.25) is 5.91 Å². The first-order valence-electron chi connectivity index (χ1n) is 8.84. The number of hydrogen-bond acceptors (Lipinski definition) is 3. The first kappa shape index (κ1) is 18.3. The van der Waals surface area contributed by atoms with Gasteiger partial charge in [0.15, 0.2) is 0 Å². The topological polar surface area (TPSA) is 42.0 Å². The van der Waals surface area contributed by atoms with Crippen LogP contribution in [0.4, 0.5) is 5.69 Å². The van der Waals surface area contributed by atoms with Crippen LogP contribution >= 0.6 is 11.3 Å². The van der Waals surface area contributed by atoms with E-state index in [0.717, 1.165) is 27.5 Å². The molecule has 1 heterocycles. The van der Waals surface area contributed by atoms with Crippen LogP contribution in [-0.4, -0.2) is 10.9 Å². The summed E-state index contributed by atoms with van der Waals surface area (Å²) in [5.74, 6) is 0.480. The van der Waals surface area contributed by atoms with Crippen molar-refractivity contribution < 1.29 is 4.79 Å². The maximum absolute atomic E-state index is 12.3. The molecule has 0 aliphatic rings. The lowest BCUT2D eigenvalue weighted by atomic mass is 10.0. The molecular weight excluding hydrogens is 340 g/mol. The molecule has 3 nitrogen and oxygen atoms in total. The first-order valence-corrected chi connectivity index (χ1v) is 9.72. The van der Waals surface area contributed by atoms with Crippen molar-refractivity contribution in [1.82, 2.24) is 4.98 Å². The Hall–Kier alpha value is -2.46. The van der Waals surface area contributed by atoms with Crippen molar-refractivity contribution in [2.75, 3.05) is 5.32 Å². The lowest BCUT2D eigenvalue weighted by Gasteiger charge is -2.08. The standard InChI is InChI=1S/C22H24N2OS/c1-14(2)17-6-8-18(9-7-17)22-23-19(13-26-22)12-21(25)24-20-10-5-15(3)11-16(20)4/h5-11,13-14H,12H2,1-4H3,(H,24,25). The second kappa shape index (κ2) is 7.83. The summed E-state index contributed by atoms with van der Waals surface area (Å²) in [6, 6.07) is 14.5. The molecule has 3 rings (SSSR count). The van der Waals surface area contributed by atoms with Crippen molar-refractivity contribution in [3.8, 4) is 10.6 Å². The third-order valence-corrected chi connectivity index (χ3v) is 5.31. The number of anilines is 1. The van der Waals surface area contributed by atoms with E-state index in [1.54, 1.807) is 11.3 Å². The van der Waals surface area contributed by atoms with Crippen LogP contribution in [0.5, 0.6) is 0 Å². The van der Waals surface area contributed by atoms with Gasteiger partial charge in [0.25, 0.3) is 0 Å². The minimum absolute atomic E-state index is 0.0380. The number of nitrogens with zero attached hydrogens (tertiary/aromatic N) is 1. The van der Waals surface area contributed by atoms with Crippen molar-refractivity contribution in [2.24, 2.45) is 0 Å². The normalized spacial score (nSPS) is 11.0. The van der Waals surface area contributed by atoms with E-state index < -0.39 is 0 Å². The molecule has 3 aromatic rings. The van der Waals surface area contributed by atoms with Crippen LogP contribution < -0.4 is 5.32 Å². The van der Waals surface area contributed by atoms with Crippen LogP contribution in [0.15, 0.2) is 47.8 Å². The van der Waals surface area contributed by atoms with E-state index in [0.29, 0.717) is 5.92 Å². The lowest BCUT2D eigenvalue weighted by molar-refractivity contribution is -0.115. The first-order chi connectivity index (χ1) is 12.4. The number of amides is 1. The molecule has 134 valence electrons. The monoisotopic (exact) mass is 364 g/mol. The Balaban J connectivity index is 1.67. The summed E-state index contributed by atoms with van der Waals surface area (Å²) in [5, 5.41) is 5.90. The zero-order valence-corrected chi connectivity index (χ0v) is 16.5. The van der Waals surface area contributed by atoms with Gasteiger partial charge >= 0.3 is 0 Å². The fourth-order valence-electron chi connectivity index (χ4n) is 2.84. The highest BCUT2D eigenvalue weighted by molar-refractivity contribution is 7.13. The molecular formula is C22H24N2OS. The Morgan fingerprint density at radius 3 is 2.50 bits per heavy atom. The minimum Gasteiger partial charge on any atom is -0.326 e. The Morgan fingerprint density at radius 2 is 1.85 bits per heavy atom. The van der Waals surface area contributed by atoms with Crippen LogP contribution in [0, 0.1) is 13.8 Å². The highest BCUT2D eigenvalue weighted by atomic mass is 32.1. The predicted octanol–water partition coefficient (Wildman–Crippen LogP) is 5.73. The molecule has 1 aromatic heterocycles. The molecule has 1 N–H and O–H groups in total. The molecule has 0 saturated carbocycles. The van der Waals surface area contributed by atoms with E-state index >= 15 is 0 Å². The van der Waals surface area contributed by atoms with E-state index in [1.165, 1.54) is 11.1 Å². The molecule has 0 radical (unpaired) electrons. The number of carbonyl (C=O) groups excluding carboxylic acids is 1. The smallest absolute Gasteiger partial charge is 0.230 e. The Labute approximate surface area is 159 Å². The second-order valence-electron chi connectivity index (χ2n) is 6.96. The van der Waals surface area contributed by atoms with Gasteiger partial charge in [-0.3, -0.25) is 4.79 Å². The molecule has 0 aliphatic heterocycles. The summed E-state index contributed by atoms with van der Waals surface area (Å²) >= 11 is 1.58. The van der Waals surface area contributed by atoms with Crippen LogP contribution in [0.25, 0.3) is 10.6 Å². The van der Waals surface area contributed by atoms with Gasteiger partial charge in [-0.05, 0) is 37.0 Å². The summed E-state index contributed by atoms with van der Waals surface area (Å²) in [4.78, 5) is 17.0. The van der Waals surface area contributed by atoms with Gasteiger partial charge in [-0.15, -0.1) is 11.3 Å². The number of aromatic nitrogens is 1. The maximum Gasteiger partial charge on any atom is 0.230 e. The number of benzene rings is 2. The fraction of sp³-hybridized carbons (Fsp3) is 0.273. The fourth-order valence-corrected chi connectivity index (χ4v) is 3.67. The Kier molecular flexibility index (Phi) is 5.52. The van der Waals surface area contributed by atoms with E-state index in [1.807, 2.05) is 31.4 Å². The zero-order valence-electron chi connectivity index (χ0n) is 15.7. The van der Waals surface area contributed by atoms with E-state index in [-0.39, 0.29) is 12.3 Å². The molecule has 0 spiro atoms. The van der Waals surface area contributed by atoms with Crippen LogP contribution in [-0.2, 0) is 11.2 Å². The number of nitrogens with one attached hydrogen (secondary N) is 1. The molecule has 2 aromatic carbocycles. The number of thiazole rings is 1. The number of hydrogen-bond donors (Lipinski definition) is 1. The number of rotatable bonds is 5. The number of aryl methyl sites for hydroxylation is 2. The Bertz CT molecular complexity index is 910. The quantitative estimate of drug-likeness (QED) is 0.628. The summed E-state index contributed by atoms with van der Waals surface area (Å²) in [7, 11) is 0. The van der Waals surface area contributed by atoms with Gasteiger partial charge in [-0.25, -0.2) is 4.98 Å². The summed E-state index contributed by atoms with van der Waals surface area (Å²) in [6.07, 6.45) is 0.286. The molecule has 0 atom stereocenters. The van der Waals surface area contributed by atoms with Crippen molar-refractivity contribution in [3.63, 3.8) is 0 Å². The van der Waals surface area contributed by atoms with Crippen molar-refractivity contribution in [2.45, 2.75) is 40.0 Å². The molecule has 4 heteroatoms. The van der Waals surface area contributed by atoms with Gasteiger partial charge in [0.1, 0.15) is 5.01 Å². The highest BCUT2D eigenvalue weighted by Crippen LogP contribution is 2.26. The van der Waals surface area contributed by atoms with Crippen molar-refractivity contribution in [1.29, 1.82) is 0 Å². The third kappa shape index (κ3) is 4.38. The molecule has 0 saturated heterocycles. The average Bonchev–Trinajstić information content (AvgIpc) is 3.06. The minimum atomic E-state index is -0.0380. The van der Waals surface area contributed by atoms with Gasteiger partial charge in [0.05, 0.1) is 12.1 Å². The van der Waals surface area contributed by atoms with Crippen LogP contribution in [0.1, 0.15) is 42.1 Å². The largest absolute Gasteiger partial charge is 0.326 e. The molecule has 0 fully saturated rings.